The number of carboxylic acids is 1. The second kappa shape index (κ2) is 3.19. The van der Waals surface area contributed by atoms with Crippen LogP contribution in [0.5, 0.6) is 0 Å². The SMILES string of the molecule is CC1=CC(=O)[C@H]2C[C@@H]1[C@]2(C)CCC(=O)O. The number of hydrogen-bond acceptors (Lipinski definition) is 2. The molecular formula is C12H16O3. The topological polar surface area (TPSA) is 54.4 Å². The van der Waals surface area contributed by atoms with Crippen LogP contribution in [0, 0.1) is 17.3 Å². The summed E-state index contributed by atoms with van der Waals surface area (Å²) in [6.45, 7) is 4.04. The number of aliphatic carboxylic acids is 1. The summed E-state index contributed by atoms with van der Waals surface area (Å²) in [5.74, 6) is -0.0664. The highest BCUT2D eigenvalue weighted by molar-refractivity contribution is 5.96. The first-order valence-corrected chi connectivity index (χ1v) is 5.39. The second-order valence-corrected chi connectivity index (χ2v) is 5.03. The Morgan fingerprint density at radius 3 is 2.73 bits per heavy atom. The van der Waals surface area contributed by atoms with Crippen molar-refractivity contribution in [1.82, 2.24) is 0 Å². The number of hydrogen-bond donors (Lipinski definition) is 1. The molecule has 1 fully saturated rings. The van der Waals surface area contributed by atoms with Gasteiger partial charge in [-0.2, -0.15) is 0 Å². The summed E-state index contributed by atoms with van der Waals surface area (Å²) in [6, 6.07) is 0. The number of rotatable bonds is 3. The van der Waals surface area contributed by atoms with Crippen molar-refractivity contribution in [2.45, 2.75) is 33.1 Å². The molecule has 0 aromatic rings. The molecule has 1 N–H and O–H groups in total. The first-order valence-electron chi connectivity index (χ1n) is 5.39. The van der Waals surface area contributed by atoms with E-state index in [2.05, 4.69) is 6.92 Å². The average molecular weight is 208 g/mol. The van der Waals surface area contributed by atoms with E-state index in [1.54, 1.807) is 6.08 Å². The van der Waals surface area contributed by atoms with E-state index in [9.17, 15) is 9.59 Å². The second-order valence-electron chi connectivity index (χ2n) is 5.03. The molecule has 0 unspecified atom stereocenters. The zero-order valence-corrected chi connectivity index (χ0v) is 9.12. The Hall–Kier alpha value is -1.12. The van der Waals surface area contributed by atoms with Gasteiger partial charge in [0.15, 0.2) is 5.78 Å². The zero-order valence-electron chi connectivity index (χ0n) is 9.12. The maximum atomic E-state index is 11.7. The van der Waals surface area contributed by atoms with Gasteiger partial charge in [0, 0.05) is 12.3 Å². The third kappa shape index (κ3) is 1.41. The summed E-state index contributed by atoms with van der Waals surface area (Å²) in [5.41, 5.74) is 1.05. The lowest BCUT2D eigenvalue weighted by Gasteiger charge is -2.56. The van der Waals surface area contributed by atoms with Gasteiger partial charge < -0.3 is 5.11 Å². The first-order chi connectivity index (χ1) is 6.95. The Morgan fingerprint density at radius 1 is 1.60 bits per heavy atom. The maximum absolute atomic E-state index is 11.7. The van der Waals surface area contributed by atoms with Crippen LogP contribution >= 0.6 is 0 Å². The molecule has 0 heterocycles. The number of carboxylic acid groups (broad SMARTS) is 1. The summed E-state index contributed by atoms with van der Waals surface area (Å²) in [6.07, 6.45) is 3.46. The lowest BCUT2D eigenvalue weighted by molar-refractivity contribution is -0.144. The van der Waals surface area contributed by atoms with Crippen molar-refractivity contribution >= 4 is 11.8 Å². The maximum Gasteiger partial charge on any atom is 0.303 e. The minimum atomic E-state index is -0.768. The highest BCUT2D eigenvalue weighted by atomic mass is 16.4. The molecule has 0 aromatic heterocycles. The number of carbonyl (C=O) groups excluding carboxylic acids is 1. The third-order valence-corrected chi connectivity index (χ3v) is 4.20. The zero-order chi connectivity index (χ0) is 11.2. The molecule has 0 aromatic carbocycles. The van der Waals surface area contributed by atoms with Crippen molar-refractivity contribution in [1.29, 1.82) is 0 Å². The normalized spacial score (nSPS) is 38.3. The van der Waals surface area contributed by atoms with Crippen molar-refractivity contribution in [3.63, 3.8) is 0 Å². The van der Waals surface area contributed by atoms with Crippen molar-refractivity contribution in [2.75, 3.05) is 0 Å². The minimum Gasteiger partial charge on any atom is -0.481 e. The molecule has 0 saturated heterocycles. The van der Waals surface area contributed by atoms with Gasteiger partial charge in [-0.3, -0.25) is 9.59 Å². The Bertz CT molecular complexity index is 356. The molecule has 3 atom stereocenters. The summed E-state index contributed by atoms with van der Waals surface area (Å²) in [4.78, 5) is 22.2. The van der Waals surface area contributed by atoms with Gasteiger partial charge in [-0.15, -0.1) is 0 Å². The molecule has 1 saturated carbocycles. The lowest BCUT2D eigenvalue weighted by Crippen LogP contribution is -2.54. The van der Waals surface area contributed by atoms with Crippen molar-refractivity contribution in [2.24, 2.45) is 17.3 Å². The number of fused-ring (bicyclic) bond motifs is 1. The van der Waals surface area contributed by atoms with Crippen LogP contribution in [0.4, 0.5) is 0 Å². The van der Waals surface area contributed by atoms with E-state index in [-0.39, 0.29) is 23.5 Å². The van der Waals surface area contributed by atoms with Crippen LogP contribution in [0.2, 0.25) is 0 Å². The third-order valence-electron chi connectivity index (χ3n) is 4.20. The smallest absolute Gasteiger partial charge is 0.303 e. The first kappa shape index (κ1) is 10.4. The van der Waals surface area contributed by atoms with Crippen LogP contribution < -0.4 is 0 Å². The Labute approximate surface area is 89.2 Å². The summed E-state index contributed by atoms with van der Waals surface area (Å²) in [7, 11) is 0. The molecule has 0 amide bonds. The fourth-order valence-electron chi connectivity index (χ4n) is 3.15. The van der Waals surface area contributed by atoms with Gasteiger partial charge in [0.05, 0.1) is 0 Å². The Kier molecular flexibility index (Phi) is 2.21. The number of ketones is 1. The highest BCUT2D eigenvalue weighted by Gasteiger charge is 2.56. The van der Waals surface area contributed by atoms with Crippen LogP contribution in [-0.2, 0) is 9.59 Å². The van der Waals surface area contributed by atoms with Gasteiger partial charge in [-0.05, 0) is 37.2 Å². The van der Waals surface area contributed by atoms with E-state index in [0.29, 0.717) is 12.3 Å². The summed E-state index contributed by atoms with van der Waals surface area (Å²) >= 11 is 0. The van der Waals surface area contributed by atoms with Crippen LogP contribution in [0.15, 0.2) is 11.6 Å². The Balaban J connectivity index is 2.15. The molecule has 3 heteroatoms. The van der Waals surface area contributed by atoms with Crippen molar-refractivity contribution < 1.29 is 14.7 Å². The molecule has 0 aliphatic heterocycles. The molecule has 3 aliphatic carbocycles. The van der Waals surface area contributed by atoms with E-state index in [0.717, 1.165) is 12.0 Å². The van der Waals surface area contributed by atoms with Gasteiger partial charge in [0.25, 0.3) is 0 Å². The predicted octanol–water partition coefficient (Wildman–Crippen LogP) is 2.02. The summed E-state index contributed by atoms with van der Waals surface area (Å²) < 4.78 is 0. The fraction of sp³-hybridized carbons (Fsp3) is 0.667. The van der Waals surface area contributed by atoms with E-state index >= 15 is 0 Å². The minimum absolute atomic E-state index is 0.0746. The molecule has 3 rings (SSSR count). The monoisotopic (exact) mass is 208 g/mol. The summed E-state index contributed by atoms with van der Waals surface area (Å²) in [5, 5.41) is 8.69. The predicted molar refractivity (Wildman–Crippen MR) is 55.3 cm³/mol. The molecule has 0 spiro atoms. The van der Waals surface area contributed by atoms with E-state index < -0.39 is 5.97 Å². The van der Waals surface area contributed by atoms with Gasteiger partial charge in [-0.1, -0.05) is 12.5 Å². The number of carbonyl (C=O) groups is 2. The van der Waals surface area contributed by atoms with Gasteiger partial charge in [0.1, 0.15) is 0 Å². The standard InChI is InChI=1S/C12H16O3/c1-7-5-10(13)9-6-8(7)12(9,2)4-3-11(14)15/h5,8-9H,3-4,6H2,1-2H3,(H,14,15)/t8-,9+,12-/m0/s1. The molecular weight excluding hydrogens is 192 g/mol. The largest absolute Gasteiger partial charge is 0.481 e. The molecule has 82 valence electrons. The Morgan fingerprint density at radius 2 is 2.27 bits per heavy atom. The fourth-order valence-corrected chi connectivity index (χ4v) is 3.15. The quantitative estimate of drug-likeness (QED) is 0.772. The average Bonchev–Trinajstić information content (AvgIpc) is 2.11. The van der Waals surface area contributed by atoms with E-state index in [4.69, 9.17) is 5.11 Å². The molecule has 3 nitrogen and oxygen atoms in total. The van der Waals surface area contributed by atoms with Gasteiger partial charge >= 0.3 is 5.97 Å². The van der Waals surface area contributed by atoms with Gasteiger partial charge in [0.2, 0.25) is 0 Å². The molecule has 15 heavy (non-hydrogen) atoms. The van der Waals surface area contributed by atoms with Crippen molar-refractivity contribution in [3.05, 3.63) is 11.6 Å². The van der Waals surface area contributed by atoms with Crippen LogP contribution in [0.25, 0.3) is 0 Å². The van der Waals surface area contributed by atoms with Gasteiger partial charge in [-0.25, -0.2) is 0 Å². The van der Waals surface area contributed by atoms with Crippen LogP contribution in [0.1, 0.15) is 33.1 Å². The molecule has 3 aliphatic rings. The van der Waals surface area contributed by atoms with Crippen LogP contribution in [-0.4, -0.2) is 16.9 Å². The molecule has 0 radical (unpaired) electrons. The van der Waals surface area contributed by atoms with E-state index in [1.165, 1.54) is 0 Å². The van der Waals surface area contributed by atoms with E-state index in [1.807, 2.05) is 6.92 Å². The highest BCUT2D eigenvalue weighted by Crippen LogP contribution is 2.60. The van der Waals surface area contributed by atoms with Crippen molar-refractivity contribution in [3.8, 4) is 0 Å². The number of allylic oxidation sites excluding steroid dienone is 2. The van der Waals surface area contributed by atoms with Crippen LogP contribution in [0.3, 0.4) is 0 Å². The lowest BCUT2D eigenvalue weighted by atomic mass is 9.46. The molecule has 2 bridgehead atoms.